The molecule has 0 spiro atoms. The first kappa shape index (κ1) is 32.1. The maximum absolute atomic E-state index is 12.2. The standard InChI is InChI=1S/C27H49NO6/c1-5-9-10-11-12-13-14-15-16-17-18-19-20-21-28(22(6-2)25(29)30,23(7-3)26(31)32)24(8-4)27(33)34/h18-19,22-24H,5-17,20-21H2,1-4H3,(H2-,29,30,31,32,33,34)/b19-18+. The normalized spacial score (nSPS) is 16.1. The van der Waals surface area contributed by atoms with Crippen LogP contribution in [0, 0.1) is 0 Å². The largest absolute Gasteiger partial charge is 0.544 e. The van der Waals surface area contributed by atoms with Crippen molar-refractivity contribution in [1.29, 1.82) is 0 Å². The van der Waals surface area contributed by atoms with E-state index in [2.05, 4.69) is 13.0 Å². The van der Waals surface area contributed by atoms with Crippen LogP contribution in [0.15, 0.2) is 12.2 Å². The molecule has 0 heterocycles. The predicted octanol–water partition coefficient (Wildman–Crippen LogP) is 4.93. The number of hydrogen-bond donors (Lipinski definition) is 2. The monoisotopic (exact) mass is 483 g/mol. The third-order valence-electron chi connectivity index (χ3n) is 7.07. The Morgan fingerprint density at radius 1 is 0.676 bits per heavy atom. The van der Waals surface area contributed by atoms with Crippen LogP contribution in [0.2, 0.25) is 0 Å². The quantitative estimate of drug-likeness (QED) is 0.128. The molecule has 0 aliphatic rings. The van der Waals surface area contributed by atoms with E-state index in [4.69, 9.17) is 0 Å². The van der Waals surface area contributed by atoms with Crippen molar-refractivity contribution in [3.63, 3.8) is 0 Å². The first-order valence-electron chi connectivity index (χ1n) is 13.4. The van der Waals surface area contributed by atoms with Crippen molar-refractivity contribution in [2.45, 2.75) is 136 Å². The summed E-state index contributed by atoms with van der Waals surface area (Å²) >= 11 is 0. The van der Waals surface area contributed by atoms with Gasteiger partial charge in [0.05, 0.1) is 12.5 Å². The van der Waals surface area contributed by atoms with Gasteiger partial charge in [-0.05, 0) is 12.8 Å². The molecule has 0 saturated carbocycles. The minimum Gasteiger partial charge on any atom is -0.544 e. The highest BCUT2D eigenvalue weighted by Gasteiger charge is 2.53. The van der Waals surface area contributed by atoms with E-state index in [9.17, 15) is 29.7 Å². The van der Waals surface area contributed by atoms with E-state index in [0.29, 0.717) is 6.42 Å². The Morgan fingerprint density at radius 3 is 1.47 bits per heavy atom. The molecule has 0 bridgehead atoms. The summed E-state index contributed by atoms with van der Waals surface area (Å²) in [4.78, 5) is 36.4. The summed E-state index contributed by atoms with van der Waals surface area (Å²) in [5, 5.41) is 31.9. The van der Waals surface area contributed by atoms with Gasteiger partial charge in [-0.1, -0.05) is 91.2 Å². The van der Waals surface area contributed by atoms with Gasteiger partial charge < -0.3 is 20.1 Å². The highest BCUT2D eigenvalue weighted by molar-refractivity contribution is 5.77. The van der Waals surface area contributed by atoms with Gasteiger partial charge in [-0.25, -0.2) is 9.59 Å². The summed E-state index contributed by atoms with van der Waals surface area (Å²) in [5.74, 6) is -3.72. The molecule has 0 aromatic carbocycles. The van der Waals surface area contributed by atoms with Crippen LogP contribution in [0.1, 0.15) is 118 Å². The van der Waals surface area contributed by atoms with Crippen LogP contribution in [0.5, 0.6) is 0 Å². The summed E-state index contributed by atoms with van der Waals surface area (Å²) in [6, 6.07) is -3.46. The second-order valence-electron chi connectivity index (χ2n) is 9.36. The maximum atomic E-state index is 12.2. The molecule has 0 aliphatic carbocycles. The van der Waals surface area contributed by atoms with Gasteiger partial charge in [-0.15, -0.1) is 0 Å². The topological polar surface area (TPSA) is 115 Å². The van der Waals surface area contributed by atoms with Crippen molar-refractivity contribution < 1.29 is 34.2 Å². The van der Waals surface area contributed by atoms with Crippen LogP contribution in [-0.4, -0.2) is 57.3 Å². The fourth-order valence-electron chi connectivity index (χ4n) is 5.37. The number of carboxylic acids is 3. The molecule has 198 valence electrons. The van der Waals surface area contributed by atoms with E-state index >= 15 is 0 Å². The summed E-state index contributed by atoms with van der Waals surface area (Å²) < 4.78 is -0.515. The average Bonchev–Trinajstić information content (AvgIpc) is 2.77. The van der Waals surface area contributed by atoms with Crippen molar-refractivity contribution in [3.8, 4) is 0 Å². The summed E-state index contributed by atoms with van der Waals surface area (Å²) in [7, 11) is 0. The van der Waals surface area contributed by atoms with Crippen molar-refractivity contribution in [3.05, 3.63) is 12.2 Å². The first-order chi connectivity index (χ1) is 16.2. The minimum absolute atomic E-state index is 0.109. The summed E-state index contributed by atoms with van der Waals surface area (Å²) in [6.07, 6.45) is 17.1. The molecule has 0 aromatic rings. The number of carbonyl (C=O) groups excluding carboxylic acids is 1. The van der Waals surface area contributed by atoms with Gasteiger partial charge in [0.25, 0.3) is 0 Å². The molecular weight excluding hydrogens is 434 g/mol. The first-order valence-corrected chi connectivity index (χ1v) is 13.4. The predicted molar refractivity (Wildman–Crippen MR) is 133 cm³/mol. The van der Waals surface area contributed by atoms with Crippen LogP contribution in [0.4, 0.5) is 0 Å². The Morgan fingerprint density at radius 2 is 1.09 bits per heavy atom. The summed E-state index contributed by atoms with van der Waals surface area (Å²) in [6.45, 7) is 7.34. The number of quaternary nitrogens is 1. The lowest BCUT2D eigenvalue weighted by Gasteiger charge is -2.51. The molecule has 2 N–H and O–H groups in total. The van der Waals surface area contributed by atoms with E-state index < -0.39 is 40.5 Å². The Hall–Kier alpha value is -1.89. The lowest BCUT2D eigenvalue weighted by molar-refractivity contribution is -0.974. The van der Waals surface area contributed by atoms with Gasteiger partial charge in [0.1, 0.15) is 6.04 Å². The van der Waals surface area contributed by atoms with Crippen LogP contribution < -0.4 is 5.11 Å². The molecule has 3 atom stereocenters. The van der Waals surface area contributed by atoms with Crippen LogP contribution in [-0.2, 0) is 14.4 Å². The van der Waals surface area contributed by atoms with Gasteiger partial charge in [0, 0.05) is 25.7 Å². The smallest absolute Gasteiger partial charge is 0.362 e. The fraction of sp³-hybridized carbons (Fsp3) is 0.815. The van der Waals surface area contributed by atoms with Crippen LogP contribution >= 0.6 is 0 Å². The van der Waals surface area contributed by atoms with Crippen molar-refractivity contribution >= 4 is 17.9 Å². The lowest BCUT2D eigenvalue weighted by atomic mass is 9.94. The zero-order valence-corrected chi connectivity index (χ0v) is 22.0. The maximum Gasteiger partial charge on any atom is 0.362 e. The van der Waals surface area contributed by atoms with E-state index in [1.165, 1.54) is 51.4 Å². The van der Waals surface area contributed by atoms with Gasteiger partial charge in [-0.3, -0.25) is 4.48 Å². The van der Waals surface area contributed by atoms with Gasteiger partial charge in [-0.2, -0.15) is 0 Å². The van der Waals surface area contributed by atoms with E-state index in [1.807, 2.05) is 6.08 Å². The molecule has 7 nitrogen and oxygen atoms in total. The van der Waals surface area contributed by atoms with Crippen LogP contribution in [0.3, 0.4) is 0 Å². The number of allylic oxidation sites excluding steroid dienone is 1. The SMILES string of the molecule is CCCCCCCCCCC/C=C/CC[N+](C(CC)C(=O)[O-])(C(CC)C(=O)O)C(CC)C(=O)O. The molecule has 0 aromatic heterocycles. The Labute approximate surface area is 206 Å². The number of carboxylic acid groups (broad SMARTS) is 3. The number of aliphatic carboxylic acids is 3. The molecule has 34 heavy (non-hydrogen) atoms. The molecule has 0 radical (unpaired) electrons. The third-order valence-corrected chi connectivity index (χ3v) is 7.07. The zero-order chi connectivity index (χ0) is 26.0. The van der Waals surface area contributed by atoms with Gasteiger partial charge in [0.15, 0.2) is 12.1 Å². The fourth-order valence-corrected chi connectivity index (χ4v) is 5.37. The highest BCUT2D eigenvalue weighted by atomic mass is 16.4. The molecule has 0 rings (SSSR count). The second kappa shape index (κ2) is 18.4. The Kier molecular flexibility index (Phi) is 17.4. The molecular formula is C27H49NO6. The molecule has 7 heteroatoms. The van der Waals surface area contributed by atoms with Crippen LogP contribution in [0.25, 0.3) is 0 Å². The van der Waals surface area contributed by atoms with Crippen molar-refractivity contribution in [2.75, 3.05) is 6.54 Å². The summed E-state index contributed by atoms with van der Waals surface area (Å²) in [5.41, 5.74) is 0. The molecule has 0 amide bonds. The molecule has 0 aliphatic heterocycles. The lowest BCUT2D eigenvalue weighted by Crippen LogP contribution is -2.73. The van der Waals surface area contributed by atoms with E-state index in [1.54, 1.807) is 20.8 Å². The van der Waals surface area contributed by atoms with Gasteiger partial charge >= 0.3 is 11.9 Å². The van der Waals surface area contributed by atoms with Crippen molar-refractivity contribution in [1.82, 2.24) is 0 Å². The van der Waals surface area contributed by atoms with E-state index in [0.717, 1.165) is 12.8 Å². The number of nitrogens with zero attached hydrogens (tertiary/aromatic N) is 1. The van der Waals surface area contributed by atoms with Crippen molar-refractivity contribution in [2.24, 2.45) is 0 Å². The second-order valence-corrected chi connectivity index (χ2v) is 9.36. The molecule has 0 fully saturated rings. The van der Waals surface area contributed by atoms with Gasteiger partial charge in [0.2, 0.25) is 0 Å². The third kappa shape index (κ3) is 10.2. The number of carbonyl (C=O) groups is 3. The average molecular weight is 484 g/mol. The minimum atomic E-state index is -1.39. The zero-order valence-electron chi connectivity index (χ0n) is 22.0. The number of hydrogen-bond acceptors (Lipinski definition) is 4. The Bertz CT molecular complexity index is 563. The number of rotatable bonds is 22. The Balaban J connectivity index is 5.19. The highest BCUT2D eigenvalue weighted by Crippen LogP contribution is 2.31. The van der Waals surface area contributed by atoms with E-state index in [-0.39, 0.29) is 25.8 Å². The molecule has 3 unspecified atom stereocenters. The number of unbranched alkanes of at least 4 members (excludes halogenated alkanes) is 9. The molecule has 0 saturated heterocycles.